The molecule has 1 fully saturated rings. The molecule has 1 N–H and O–H groups in total. The molecular formula is C17H25NO3. The van der Waals surface area contributed by atoms with Gasteiger partial charge >= 0.3 is 0 Å². The van der Waals surface area contributed by atoms with E-state index < -0.39 is 6.10 Å². The molecular weight excluding hydrogens is 266 g/mol. The van der Waals surface area contributed by atoms with E-state index in [1.807, 2.05) is 20.8 Å². The van der Waals surface area contributed by atoms with Crippen molar-refractivity contribution in [2.75, 3.05) is 13.2 Å². The molecule has 1 aliphatic rings. The monoisotopic (exact) mass is 291 g/mol. The molecule has 1 aromatic rings. The van der Waals surface area contributed by atoms with Crippen LogP contribution in [0.4, 0.5) is 0 Å². The highest BCUT2D eigenvalue weighted by Gasteiger charge is 2.30. The number of hydrogen-bond donors (Lipinski definition) is 1. The Morgan fingerprint density at radius 3 is 2.52 bits per heavy atom. The zero-order valence-corrected chi connectivity index (χ0v) is 13.3. The second-order valence-corrected chi connectivity index (χ2v) is 6.64. The van der Waals surface area contributed by atoms with Gasteiger partial charge in [-0.2, -0.15) is 0 Å². The minimum absolute atomic E-state index is 0.0334. The van der Waals surface area contributed by atoms with Gasteiger partial charge in [-0.05, 0) is 39.7 Å². The standard InChI is InChI=1S/C17H25NO3/c1-12-5-7-13(8-6-12)9-14-10-20-15(16(19)18-14)11-21-17(2,3)4/h5-8,14-15H,9-11H2,1-4H3,(H,18,19)/t14-,15-/m0/s1. The molecule has 1 amide bonds. The smallest absolute Gasteiger partial charge is 0.251 e. The maximum Gasteiger partial charge on any atom is 0.251 e. The predicted molar refractivity (Wildman–Crippen MR) is 82.3 cm³/mol. The zero-order valence-electron chi connectivity index (χ0n) is 13.3. The maximum absolute atomic E-state index is 12.0. The van der Waals surface area contributed by atoms with Gasteiger partial charge in [-0.25, -0.2) is 0 Å². The van der Waals surface area contributed by atoms with E-state index in [-0.39, 0.29) is 17.6 Å². The summed E-state index contributed by atoms with van der Waals surface area (Å²) in [5, 5.41) is 3.02. The van der Waals surface area contributed by atoms with Gasteiger partial charge < -0.3 is 14.8 Å². The fraction of sp³-hybridized carbons (Fsp3) is 0.588. The van der Waals surface area contributed by atoms with Crippen LogP contribution in [0.3, 0.4) is 0 Å². The van der Waals surface area contributed by atoms with Crippen LogP contribution in [-0.4, -0.2) is 36.9 Å². The third-order valence-corrected chi connectivity index (χ3v) is 3.41. The highest BCUT2D eigenvalue weighted by molar-refractivity contribution is 5.81. The number of rotatable bonds is 4. The maximum atomic E-state index is 12.0. The first-order chi connectivity index (χ1) is 9.83. The second-order valence-electron chi connectivity index (χ2n) is 6.64. The molecule has 4 nitrogen and oxygen atoms in total. The minimum atomic E-state index is -0.501. The molecule has 1 aromatic carbocycles. The molecule has 2 rings (SSSR count). The molecule has 0 aliphatic carbocycles. The molecule has 2 atom stereocenters. The number of ether oxygens (including phenoxy) is 2. The fourth-order valence-corrected chi connectivity index (χ4v) is 2.21. The number of carbonyl (C=O) groups excluding carboxylic acids is 1. The van der Waals surface area contributed by atoms with Gasteiger partial charge in [0.05, 0.1) is 24.9 Å². The van der Waals surface area contributed by atoms with Crippen molar-refractivity contribution < 1.29 is 14.3 Å². The molecule has 0 radical (unpaired) electrons. The Bertz CT molecular complexity index is 476. The molecule has 0 unspecified atom stereocenters. The number of morpholine rings is 1. The van der Waals surface area contributed by atoms with Gasteiger partial charge in [-0.3, -0.25) is 4.79 Å². The quantitative estimate of drug-likeness (QED) is 0.925. The summed E-state index contributed by atoms with van der Waals surface area (Å²) in [5.74, 6) is -0.0809. The van der Waals surface area contributed by atoms with Gasteiger partial charge in [0.2, 0.25) is 0 Å². The predicted octanol–water partition coefficient (Wildman–Crippen LogP) is 2.24. The molecule has 1 heterocycles. The van der Waals surface area contributed by atoms with Crippen LogP contribution < -0.4 is 5.32 Å². The summed E-state index contributed by atoms with van der Waals surface area (Å²) in [6.45, 7) is 8.79. The third-order valence-electron chi connectivity index (χ3n) is 3.41. The lowest BCUT2D eigenvalue weighted by atomic mass is 10.0. The van der Waals surface area contributed by atoms with E-state index in [0.29, 0.717) is 13.2 Å². The van der Waals surface area contributed by atoms with Crippen LogP contribution >= 0.6 is 0 Å². The summed E-state index contributed by atoms with van der Waals surface area (Å²) in [7, 11) is 0. The van der Waals surface area contributed by atoms with Gasteiger partial charge in [-0.1, -0.05) is 29.8 Å². The van der Waals surface area contributed by atoms with Gasteiger partial charge in [0, 0.05) is 0 Å². The number of benzene rings is 1. The summed E-state index contributed by atoms with van der Waals surface area (Å²) in [6.07, 6.45) is 0.289. The average molecular weight is 291 g/mol. The summed E-state index contributed by atoms with van der Waals surface area (Å²) in [6, 6.07) is 8.39. The van der Waals surface area contributed by atoms with E-state index in [1.54, 1.807) is 0 Å². The molecule has 0 saturated carbocycles. The van der Waals surface area contributed by atoms with Crippen LogP contribution in [-0.2, 0) is 20.7 Å². The van der Waals surface area contributed by atoms with E-state index >= 15 is 0 Å². The van der Waals surface area contributed by atoms with Gasteiger partial charge in [0.15, 0.2) is 6.10 Å². The Hall–Kier alpha value is -1.39. The van der Waals surface area contributed by atoms with Crippen molar-refractivity contribution in [3.63, 3.8) is 0 Å². The minimum Gasteiger partial charge on any atom is -0.373 e. The lowest BCUT2D eigenvalue weighted by Crippen LogP contribution is -2.53. The van der Waals surface area contributed by atoms with Crippen LogP contribution in [0.25, 0.3) is 0 Å². The van der Waals surface area contributed by atoms with E-state index in [9.17, 15) is 4.79 Å². The molecule has 1 aliphatic heterocycles. The Morgan fingerprint density at radius 1 is 1.29 bits per heavy atom. The van der Waals surface area contributed by atoms with Crippen molar-refractivity contribution in [3.8, 4) is 0 Å². The van der Waals surface area contributed by atoms with Gasteiger partial charge in [0.1, 0.15) is 0 Å². The number of amides is 1. The van der Waals surface area contributed by atoms with Gasteiger partial charge in [0.25, 0.3) is 5.91 Å². The number of hydrogen-bond acceptors (Lipinski definition) is 3. The summed E-state index contributed by atoms with van der Waals surface area (Å²) >= 11 is 0. The van der Waals surface area contributed by atoms with E-state index in [0.717, 1.165) is 6.42 Å². The summed E-state index contributed by atoms with van der Waals surface area (Å²) in [4.78, 5) is 12.0. The topological polar surface area (TPSA) is 47.6 Å². The Morgan fingerprint density at radius 2 is 1.95 bits per heavy atom. The SMILES string of the molecule is Cc1ccc(C[C@H]2CO[C@@H](COC(C)(C)C)C(=O)N2)cc1. The first-order valence-electron chi connectivity index (χ1n) is 7.45. The first-order valence-corrected chi connectivity index (χ1v) is 7.45. The van der Waals surface area contributed by atoms with Crippen molar-refractivity contribution in [1.82, 2.24) is 5.32 Å². The lowest BCUT2D eigenvalue weighted by Gasteiger charge is -2.31. The van der Waals surface area contributed by atoms with Crippen molar-refractivity contribution in [2.45, 2.75) is 51.9 Å². The largest absolute Gasteiger partial charge is 0.373 e. The average Bonchev–Trinajstić information content (AvgIpc) is 2.39. The number of carbonyl (C=O) groups is 1. The molecule has 0 bridgehead atoms. The van der Waals surface area contributed by atoms with Crippen molar-refractivity contribution in [1.29, 1.82) is 0 Å². The third kappa shape index (κ3) is 5.14. The van der Waals surface area contributed by atoms with Crippen LogP contribution in [0.2, 0.25) is 0 Å². The first kappa shape index (κ1) is 16.0. The van der Waals surface area contributed by atoms with Crippen LogP contribution in [0.15, 0.2) is 24.3 Å². The number of aryl methyl sites for hydroxylation is 1. The zero-order chi connectivity index (χ0) is 15.5. The highest BCUT2D eigenvalue weighted by Crippen LogP contribution is 2.13. The molecule has 4 heteroatoms. The second kappa shape index (κ2) is 6.58. The van der Waals surface area contributed by atoms with Crippen LogP contribution in [0, 0.1) is 6.92 Å². The molecule has 21 heavy (non-hydrogen) atoms. The Labute approximate surface area is 126 Å². The van der Waals surface area contributed by atoms with Crippen LogP contribution in [0.5, 0.6) is 0 Å². The fourth-order valence-electron chi connectivity index (χ4n) is 2.21. The van der Waals surface area contributed by atoms with E-state index in [1.165, 1.54) is 11.1 Å². The molecule has 0 spiro atoms. The summed E-state index contributed by atoms with van der Waals surface area (Å²) < 4.78 is 11.3. The Kier molecular flexibility index (Phi) is 5.01. The van der Waals surface area contributed by atoms with Crippen molar-refractivity contribution in [2.24, 2.45) is 0 Å². The van der Waals surface area contributed by atoms with Gasteiger partial charge in [-0.15, -0.1) is 0 Å². The molecule has 116 valence electrons. The molecule has 0 aromatic heterocycles. The van der Waals surface area contributed by atoms with Crippen molar-refractivity contribution >= 4 is 5.91 Å². The lowest BCUT2D eigenvalue weighted by molar-refractivity contribution is -0.150. The Balaban J connectivity index is 1.83. The van der Waals surface area contributed by atoms with E-state index in [2.05, 4.69) is 36.5 Å². The summed E-state index contributed by atoms with van der Waals surface area (Å²) in [5.41, 5.74) is 2.18. The molecule has 1 saturated heterocycles. The van der Waals surface area contributed by atoms with E-state index in [4.69, 9.17) is 9.47 Å². The van der Waals surface area contributed by atoms with Crippen LogP contribution in [0.1, 0.15) is 31.9 Å². The highest BCUT2D eigenvalue weighted by atomic mass is 16.5. The number of nitrogens with one attached hydrogen (secondary N) is 1. The normalized spacial score (nSPS) is 23.0. The van der Waals surface area contributed by atoms with Crippen molar-refractivity contribution in [3.05, 3.63) is 35.4 Å².